The minimum atomic E-state index is 0.120. The van der Waals surface area contributed by atoms with Crippen LogP contribution in [0.25, 0.3) is 0 Å². The van der Waals surface area contributed by atoms with Gasteiger partial charge in [-0.15, -0.1) is 11.3 Å². The Morgan fingerprint density at radius 3 is 2.62 bits per heavy atom. The van der Waals surface area contributed by atoms with Gasteiger partial charge in [0.25, 0.3) is 0 Å². The summed E-state index contributed by atoms with van der Waals surface area (Å²) >= 11 is 1.70. The number of carbonyl (C=O) groups excluding carboxylic acids is 1. The maximum atomic E-state index is 11.1. The molecule has 0 spiro atoms. The van der Waals surface area contributed by atoms with Gasteiger partial charge < -0.3 is 0 Å². The largest absolute Gasteiger partial charge is 0.295 e. The van der Waals surface area contributed by atoms with Crippen LogP contribution in [0.2, 0.25) is 0 Å². The summed E-state index contributed by atoms with van der Waals surface area (Å²) in [6.07, 6.45) is 4.25. The third-order valence-corrected chi connectivity index (χ3v) is 3.60. The molecular formula is C13H17NOS. The summed E-state index contributed by atoms with van der Waals surface area (Å²) in [4.78, 5) is 15.8. The van der Waals surface area contributed by atoms with Gasteiger partial charge in [-0.1, -0.05) is 26.3 Å². The first kappa shape index (κ1) is 11.5. The number of carbonyl (C=O) groups is 1. The zero-order valence-corrected chi connectivity index (χ0v) is 10.9. The number of ketones is 1. The van der Waals surface area contributed by atoms with E-state index in [9.17, 15) is 4.79 Å². The van der Waals surface area contributed by atoms with Crippen molar-refractivity contribution in [2.24, 2.45) is 0 Å². The lowest BCUT2D eigenvalue weighted by atomic mass is 9.93. The summed E-state index contributed by atoms with van der Waals surface area (Å²) in [5.41, 5.74) is 2.51. The van der Waals surface area contributed by atoms with Crippen LogP contribution in [-0.2, 0) is 16.6 Å². The van der Waals surface area contributed by atoms with Crippen LogP contribution >= 0.6 is 11.3 Å². The number of hydrogen-bond acceptors (Lipinski definition) is 3. The first-order valence-corrected chi connectivity index (χ1v) is 6.50. The van der Waals surface area contributed by atoms with E-state index in [1.54, 1.807) is 17.4 Å². The molecule has 0 N–H and O–H groups in total. The standard InChI is InChI=1S/C13H17NOS/c1-13(2,3)11-8-16-12(14-11)7-9-4-5-10(15)6-9/h6,8H,4-5,7H2,1-3H3. The van der Waals surface area contributed by atoms with Crippen LogP contribution in [0, 0.1) is 0 Å². The van der Waals surface area contributed by atoms with Gasteiger partial charge in [0.1, 0.15) is 0 Å². The lowest BCUT2D eigenvalue weighted by Gasteiger charge is -2.14. The minimum absolute atomic E-state index is 0.120. The van der Waals surface area contributed by atoms with E-state index >= 15 is 0 Å². The van der Waals surface area contributed by atoms with Crippen LogP contribution in [-0.4, -0.2) is 10.8 Å². The molecule has 1 aliphatic carbocycles. The normalized spacial score (nSPS) is 16.7. The Kier molecular flexibility index (Phi) is 2.98. The summed E-state index contributed by atoms with van der Waals surface area (Å²) in [5.74, 6) is 0.266. The van der Waals surface area contributed by atoms with E-state index in [2.05, 4.69) is 31.1 Å². The first-order chi connectivity index (χ1) is 7.45. The molecule has 0 fully saturated rings. The monoisotopic (exact) mass is 235 g/mol. The Morgan fingerprint density at radius 2 is 2.12 bits per heavy atom. The summed E-state index contributed by atoms with van der Waals surface area (Å²) < 4.78 is 0. The number of nitrogens with zero attached hydrogens (tertiary/aromatic N) is 1. The molecule has 0 bridgehead atoms. The molecule has 3 heteroatoms. The van der Waals surface area contributed by atoms with Crippen molar-refractivity contribution >= 4 is 17.1 Å². The molecule has 16 heavy (non-hydrogen) atoms. The van der Waals surface area contributed by atoms with Gasteiger partial charge in [-0.2, -0.15) is 0 Å². The lowest BCUT2D eigenvalue weighted by molar-refractivity contribution is -0.114. The molecule has 1 aliphatic rings. The lowest BCUT2D eigenvalue weighted by Crippen LogP contribution is -2.11. The van der Waals surface area contributed by atoms with E-state index in [4.69, 9.17) is 0 Å². The van der Waals surface area contributed by atoms with Crippen LogP contribution in [0.1, 0.15) is 44.3 Å². The van der Waals surface area contributed by atoms with E-state index < -0.39 is 0 Å². The number of aromatic nitrogens is 1. The summed E-state index contributed by atoms with van der Waals surface area (Å²) in [6.45, 7) is 6.51. The number of hydrogen-bond donors (Lipinski definition) is 0. The molecule has 0 unspecified atom stereocenters. The molecular weight excluding hydrogens is 218 g/mol. The fourth-order valence-corrected chi connectivity index (χ4v) is 2.80. The molecule has 1 aromatic heterocycles. The van der Waals surface area contributed by atoms with E-state index in [1.165, 1.54) is 5.57 Å². The van der Waals surface area contributed by atoms with Gasteiger partial charge in [-0.05, 0) is 12.5 Å². The zero-order chi connectivity index (χ0) is 11.8. The van der Waals surface area contributed by atoms with Crippen molar-refractivity contribution in [3.63, 3.8) is 0 Å². The van der Waals surface area contributed by atoms with E-state index in [-0.39, 0.29) is 11.2 Å². The molecule has 2 rings (SSSR count). The SMILES string of the molecule is CC(C)(C)c1csc(CC2=CC(=O)CC2)n1. The molecule has 1 aromatic rings. The Balaban J connectivity index is 2.09. The molecule has 0 saturated heterocycles. The average molecular weight is 235 g/mol. The molecule has 0 saturated carbocycles. The van der Waals surface area contributed by atoms with Crippen LogP contribution in [0.4, 0.5) is 0 Å². The van der Waals surface area contributed by atoms with Crippen molar-refractivity contribution in [3.8, 4) is 0 Å². The predicted molar refractivity (Wildman–Crippen MR) is 66.8 cm³/mol. The highest BCUT2D eigenvalue weighted by Gasteiger charge is 2.19. The summed E-state index contributed by atoms with van der Waals surface area (Å²) in [5, 5.41) is 3.26. The molecule has 0 aliphatic heterocycles. The second-order valence-corrected chi connectivity index (χ2v) is 6.26. The highest BCUT2D eigenvalue weighted by Crippen LogP contribution is 2.26. The van der Waals surface area contributed by atoms with Gasteiger partial charge in [0.15, 0.2) is 5.78 Å². The van der Waals surface area contributed by atoms with Gasteiger partial charge in [0.2, 0.25) is 0 Å². The van der Waals surface area contributed by atoms with Crippen molar-refractivity contribution in [2.75, 3.05) is 0 Å². The Hall–Kier alpha value is -0.960. The number of thiazole rings is 1. The molecule has 86 valence electrons. The van der Waals surface area contributed by atoms with Gasteiger partial charge in [-0.25, -0.2) is 4.98 Å². The van der Waals surface area contributed by atoms with Crippen LogP contribution < -0.4 is 0 Å². The Morgan fingerprint density at radius 1 is 1.38 bits per heavy atom. The van der Waals surface area contributed by atoms with Gasteiger partial charge in [0.05, 0.1) is 10.7 Å². The zero-order valence-electron chi connectivity index (χ0n) is 10.0. The van der Waals surface area contributed by atoms with Crippen molar-refractivity contribution in [1.82, 2.24) is 4.98 Å². The highest BCUT2D eigenvalue weighted by atomic mass is 32.1. The fourth-order valence-electron chi connectivity index (χ4n) is 1.73. The van der Waals surface area contributed by atoms with E-state index in [0.29, 0.717) is 6.42 Å². The van der Waals surface area contributed by atoms with E-state index in [1.807, 2.05) is 0 Å². The molecule has 0 radical (unpaired) electrons. The number of allylic oxidation sites excluding steroid dienone is 2. The maximum absolute atomic E-state index is 11.1. The van der Waals surface area contributed by atoms with Crippen molar-refractivity contribution < 1.29 is 4.79 Å². The summed E-state index contributed by atoms with van der Waals surface area (Å²) in [7, 11) is 0. The van der Waals surface area contributed by atoms with Crippen molar-refractivity contribution in [3.05, 3.63) is 27.7 Å². The number of rotatable bonds is 2. The molecule has 0 aromatic carbocycles. The molecule has 0 amide bonds. The van der Waals surface area contributed by atoms with Crippen LogP contribution in [0.15, 0.2) is 17.0 Å². The minimum Gasteiger partial charge on any atom is -0.295 e. The Labute approximate surface area is 100 Å². The smallest absolute Gasteiger partial charge is 0.155 e. The molecule has 1 heterocycles. The third kappa shape index (κ3) is 2.59. The topological polar surface area (TPSA) is 30.0 Å². The van der Waals surface area contributed by atoms with E-state index in [0.717, 1.165) is 23.5 Å². The maximum Gasteiger partial charge on any atom is 0.155 e. The second-order valence-electron chi connectivity index (χ2n) is 5.32. The molecule has 0 atom stereocenters. The fraction of sp³-hybridized carbons (Fsp3) is 0.538. The van der Waals surface area contributed by atoms with Gasteiger partial charge in [0, 0.05) is 23.6 Å². The third-order valence-electron chi connectivity index (χ3n) is 2.76. The Bertz CT molecular complexity index is 437. The van der Waals surface area contributed by atoms with Gasteiger partial charge in [-0.3, -0.25) is 4.79 Å². The second kappa shape index (κ2) is 4.13. The van der Waals surface area contributed by atoms with Crippen molar-refractivity contribution in [2.45, 2.75) is 45.4 Å². The van der Waals surface area contributed by atoms with Crippen molar-refractivity contribution in [1.29, 1.82) is 0 Å². The first-order valence-electron chi connectivity index (χ1n) is 5.62. The molecule has 2 nitrogen and oxygen atoms in total. The average Bonchev–Trinajstić information content (AvgIpc) is 2.74. The summed E-state index contributed by atoms with van der Waals surface area (Å²) in [6, 6.07) is 0. The van der Waals surface area contributed by atoms with Gasteiger partial charge >= 0.3 is 0 Å². The van der Waals surface area contributed by atoms with Crippen LogP contribution in [0.5, 0.6) is 0 Å². The quantitative estimate of drug-likeness (QED) is 0.787. The predicted octanol–water partition coefficient (Wildman–Crippen LogP) is 3.27. The highest BCUT2D eigenvalue weighted by molar-refractivity contribution is 7.09. The van der Waals surface area contributed by atoms with Crippen LogP contribution in [0.3, 0.4) is 0 Å².